The van der Waals surface area contributed by atoms with E-state index in [9.17, 15) is 4.79 Å². The maximum atomic E-state index is 12.6. The molecule has 0 unspecified atom stereocenters. The SMILES string of the molecule is COc1cc(OC)nc(Oc2ccc(N(C)C)nc2C(=O)N(C)OC)n1. The summed E-state index contributed by atoms with van der Waals surface area (Å²) in [7, 11) is 9.40. The Balaban J connectivity index is 2.47. The third kappa shape index (κ3) is 4.28. The molecule has 10 heteroatoms. The van der Waals surface area contributed by atoms with Crippen molar-refractivity contribution < 1.29 is 23.8 Å². The van der Waals surface area contributed by atoms with Gasteiger partial charge in [0.25, 0.3) is 5.91 Å². The van der Waals surface area contributed by atoms with Crippen molar-refractivity contribution in [3.05, 3.63) is 23.9 Å². The Bertz CT molecular complexity index is 761. The van der Waals surface area contributed by atoms with Gasteiger partial charge in [-0.25, -0.2) is 10.0 Å². The van der Waals surface area contributed by atoms with Gasteiger partial charge in [0.05, 0.1) is 27.4 Å². The maximum Gasteiger partial charge on any atom is 0.328 e. The first-order valence-electron chi connectivity index (χ1n) is 7.55. The molecule has 0 aliphatic carbocycles. The molecule has 0 N–H and O–H groups in total. The van der Waals surface area contributed by atoms with Gasteiger partial charge in [-0.15, -0.1) is 0 Å². The highest BCUT2D eigenvalue weighted by Crippen LogP contribution is 2.28. The fourth-order valence-corrected chi connectivity index (χ4v) is 1.89. The van der Waals surface area contributed by atoms with Crippen LogP contribution in [0, 0.1) is 0 Å². The van der Waals surface area contributed by atoms with Gasteiger partial charge in [0.2, 0.25) is 11.8 Å². The average Bonchev–Trinajstić information content (AvgIpc) is 2.66. The van der Waals surface area contributed by atoms with E-state index in [1.165, 1.54) is 34.4 Å². The van der Waals surface area contributed by atoms with Gasteiger partial charge in [-0.2, -0.15) is 9.97 Å². The van der Waals surface area contributed by atoms with Gasteiger partial charge in [0.1, 0.15) is 5.82 Å². The number of carbonyl (C=O) groups excluding carboxylic acids is 1. The lowest BCUT2D eigenvalue weighted by atomic mass is 10.3. The van der Waals surface area contributed by atoms with Crippen LogP contribution in [-0.2, 0) is 4.84 Å². The summed E-state index contributed by atoms with van der Waals surface area (Å²) in [4.78, 5) is 31.8. The van der Waals surface area contributed by atoms with Crippen molar-refractivity contribution in [2.24, 2.45) is 0 Å². The molecule has 0 saturated carbocycles. The van der Waals surface area contributed by atoms with Crippen molar-refractivity contribution >= 4 is 11.7 Å². The van der Waals surface area contributed by atoms with Gasteiger partial charge in [-0.3, -0.25) is 9.63 Å². The van der Waals surface area contributed by atoms with Crippen LogP contribution in [0.4, 0.5) is 5.82 Å². The zero-order valence-electron chi connectivity index (χ0n) is 15.5. The number of hydrogen-bond acceptors (Lipinski definition) is 9. The third-order valence-electron chi connectivity index (χ3n) is 3.34. The summed E-state index contributed by atoms with van der Waals surface area (Å²) in [5, 5.41) is 1.04. The first-order chi connectivity index (χ1) is 12.4. The summed E-state index contributed by atoms with van der Waals surface area (Å²) in [5.41, 5.74) is 0.0472. The summed E-state index contributed by atoms with van der Waals surface area (Å²) < 4.78 is 15.9. The molecule has 2 rings (SSSR count). The van der Waals surface area contributed by atoms with Crippen molar-refractivity contribution in [3.63, 3.8) is 0 Å². The number of ether oxygens (including phenoxy) is 3. The Labute approximate surface area is 151 Å². The standard InChI is InChI=1S/C16H21N5O5/c1-20(2)11-8-7-10(14(17-11)15(22)21(3)25-6)26-16-18-12(23-4)9-13(19-16)24-5/h7-9H,1-6H3. The van der Waals surface area contributed by atoms with Crippen LogP contribution in [-0.4, -0.2) is 68.4 Å². The largest absolute Gasteiger partial charge is 0.481 e. The number of hydrogen-bond donors (Lipinski definition) is 0. The summed E-state index contributed by atoms with van der Waals surface area (Å²) in [6, 6.07) is 4.77. The van der Waals surface area contributed by atoms with Crippen LogP contribution in [0.5, 0.6) is 23.5 Å². The molecule has 0 aliphatic heterocycles. The first kappa shape index (κ1) is 19.2. The second-order valence-corrected chi connectivity index (χ2v) is 5.23. The van der Waals surface area contributed by atoms with E-state index in [2.05, 4.69) is 15.0 Å². The number of nitrogens with zero attached hydrogens (tertiary/aromatic N) is 5. The lowest BCUT2D eigenvalue weighted by molar-refractivity contribution is -0.0761. The molecule has 0 aliphatic rings. The van der Waals surface area contributed by atoms with Crippen LogP contribution in [0.2, 0.25) is 0 Å². The van der Waals surface area contributed by atoms with Crippen LogP contribution in [0.15, 0.2) is 18.2 Å². The van der Waals surface area contributed by atoms with Gasteiger partial charge in [0.15, 0.2) is 11.4 Å². The highest BCUT2D eigenvalue weighted by molar-refractivity contribution is 5.94. The number of amides is 1. The normalized spacial score (nSPS) is 10.2. The van der Waals surface area contributed by atoms with Gasteiger partial charge >= 0.3 is 6.01 Å². The van der Waals surface area contributed by atoms with Gasteiger partial charge in [-0.1, -0.05) is 0 Å². The van der Waals surface area contributed by atoms with Crippen LogP contribution in [0.3, 0.4) is 0 Å². The number of aromatic nitrogens is 3. The minimum absolute atomic E-state index is 0.0466. The Morgan fingerprint density at radius 2 is 1.58 bits per heavy atom. The lowest BCUT2D eigenvalue weighted by Gasteiger charge is -2.18. The molecule has 0 saturated heterocycles. The molecule has 0 aromatic carbocycles. The Kier molecular flexibility index (Phi) is 6.12. The van der Waals surface area contributed by atoms with Crippen molar-refractivity contribution in [2.75, 3.05) is 47.4 Å². The van der Waals surface area contributed by atoms with E-state index in [-0.39, 0.29) is 29.2 Å². The van der Waals surface area contributed by atoms with Crippen molar-refractivity contribution in [3.8, 4) is 23.5 Å². The molecule has 2 aromatic rings. The zero-order valence-corrected chi connectivity index (χ0v) is 15.5. The van der Waals surface area contributed by atoms with Gasteiger partial charge in [-0.05, 0) is 12.1 Å². The number of hydroxylamine groups is 2. The summed E-state index contributed by atoms with van der Waals surface area (Å²) in [6.07, 6.45) is 0. The molecule has 1 amide bonds. The van der Waals surface area contributed by atoms with Crippen molar-refractivity contribution in [2.45, 2.75) is 0 Å². The van der Waals surface area contributed by atoms with E-state index in [1.807, 2.05) is 14.1 Å². The van der Waals surface area contributed by atoms with E-state index >= 15 is 0 Å². The molecule has 0 radical (unpaired) electrons. The van der Waals surface area contributed by atoms with E-state index < -0.39 is 5.91 Å². The predicted octanol–water partition coefficient (Wildman–Crippen LogP) is 1.38. The molecule has 2 aromatic heterocycles. The van der Waals surface area contributed by atoms with Crippen molar-refractivity contribution in [1.29, 1.82) is 0 Å². The number of methoxy groups -OCH3 is 2. The minimum Gasteiger partial charge on any atom is -0.481 e. The summed E-state index contributed by atoms with van der Waals surface area (Å²) in [6.45, 7) is 0. The lowest BCUT2D eigenvalue weighted by Crippen LogP contribution is -2.27. The average molecular weight is 363 g/mol. The molecule has 10 nitrogen and oxygen atoms in total. The highest BCUT2D eigenvalue weighted by atomic mass is 16.7. The summed E-state index contributed by atoms with van der Waals surface area (Å²) >= 11 is 0. The Hall–Kier alpha value is -3.14. The fourth-order valence-electron chi connectivity index (χ4n) is 1.89. The molecule has 140 valence electrons. The molecular formula is C16H21N5O5. The quantitative estimate of drug-likeness (QED) is 0.675. The van der Waals surface area contributed by atoms with Crippen LogP contribution >= 0.6 is 0 Å². The number of rotatable bonds is 7. The van der Waals surface area contributed by atoms with Crippen LogP contribution in [0.1, 0.15) is 10.5 Å². The Morgan fingerprint density at radius 1 is 0.962 bits per heavy atom. The van der Waals surface area contributed by atoms with Gasteiger partial charge in [0, 0.05) is 21.1 Å². The number of pyridine rings is 1. The zero-order chi connectivity index (χ0) is 19.3. The molecule has 0 atom stereocenters. The maximum absolute atomic E-state index is 12.6. The minimum atomic E-state index is -0.485. The van der Waals surface area contributed by atoms with E-state index in [0.717, 1.165) is 5.06 Å². The molecule has 0 bridgehead atoms. The van der Waals surface area contributed by atoms with Crippen molar-refractivity contribution in [1.82, 2.24) is 20.0 Å². The molecular weight excluding hydrogens is 342 g/mol. The second-order valence-electron chi connectivity index (χ2n) is 5.23. The van der Waals surface area contributed by atoms with Gasteiger partial charge < -0.3 is 19.1 Å². The molecule has 0 spiro atoms. The highest BCUT2D eigenvalue weighted by Gasteiger charge is 2.22. The number of carbonyl (C=O) groups is 1. The molecule has 0 fully saturated rings. The van der Waals surface area contributed by atoms with E-state index in [4.69, 9.17) is 19.0 Å². The fraction of sp³-hybridized carbons (Fsp3) is 0.375. The van der Waals surface area contributed by atoms with Crippen LogP contribution < -0.4 is 19.1 Å². The predicted molar refractivity (Wildman–Crippen MR) is 92.9 cm³/mol. The molecule has 2 heterocycles. The van der Waals surface area contributed by atoms with E-state index in [1.54, 1.807) is 17.0 Å². The molecule has 26 heavy (non-hydrogen) atoms. The third-order valence-corrected chi connectivity index (χ3v) is 3.34. The van der Waals surface area contributed by atoms with E-state index in [0.29, 0.717) is 5.82 Å². The Morgan fingerprint density at radius 3 is 2.08 bits per heavy atom. The monoisotopic (exact) mass is 363 g/mol. The summed E-state index contributed by atoms with van der Waals surface area (Å²) in [5.74, 6) is 0.772. The van der Waals surface area contributed by atoms with Crippen LogP contribution in [0.25, 0.3) is 0 Å². The topological polar surface area (TPSA) is 99.1 Å². The number of anilines is 1. The smallest absolute Gasteiger partial charge is 0.328 e. The first-order valence-corrected chi connectivity index (χ1v) is 7.55. The second kappa shape index (κ2) is 8.30.